The van der Waals surface area contributed by atoms with E-state index in [9.17, 15) is 30.7 Å². The van der Waals surface area contributed by atoms with E-state index in [1.54, 1.807) is 0 Å². The molecule has 1 atom stereocenters. The van der Waals surface area contributed by atoms with E-state index in [1.807, 2.05) is 0 Å². The van der Waals surface area contributed by atoms with Crippen LogP contribution in [0.25, 0.3) is 0 Å². The van der Waals surface area contributed by atoms with Gasteiger partial charge in [0, 0.05) is 0 Å². The Morgan fingerprint density at radius 3 is 1.45 bits per heavy atom. The summed E-state index contributed by atoms with van der Waals surface area (Å²) < 4.78 is 78.9. The number of halogens is 7. The molecule has 0 amide bonds. The van der Waals surface area contributed by atoms with Crippen LogP contribution in [0, 0.1) is 6.43 Å². The molecule has 0 aliphatic carbocycles. The topological polar surface area (TPSA) is 0 Å². The molecule has 1 radical (unpaired) electrons. The highest BCUT2D eigenvalue weighted by Gasteiger charge is 2.54. The minimum Gasteiger partial charge on any atom is -0.234 e. The monoisotopic (exact) mass is 183 g/mol. The smallest absolute Gasteiger partial charge is 0.234 e. The summed E-state index contributed by atoms with van der Waals surface area (Å²) in [5.74, 6) is -5.31. The van der Waals surface area contributed by atoms with E-state index in [0.717, 1.165) is 0 Å². The fourth-order valence-corrected chi connectivity index (χ4v) is 0.256. The Balaban J connectivity index is 4.29. The highest BCUT2D eigenvalue weighted by Crippen LogP contribution is 2.34. The van der Waals surface area contributed by atoms with Crippen LogP contribution in [-0.2, 0) is 0 Å². The molecule has 0 saturated heterocycles. The van der Waals surface area contributed by atoms with Gasteiger partial charge in [-0.15, -0.1) is 0 Å². The van der Waals surface area contributed by atoms with Gasteiger partial charge < -0.3 is 0 Å². The molecule has 0 aromatic heterocycles. The van der Waals surface area contributed by atoms with Crippen molar-refractivity contribution in [3.63, 3.8) is 0 Å². The van der Waals surface area contributed by atoms with Crippen LogP contribution in [0.4, 0.5) is 30.7 Å². The van der Waals surface area contributed by atoms with Gasteiger partial charge in [0.25, 0.3) is 0 Å². The van der Waals surface area contributed by atoms with E-state index in [2.05, 4.69) is 0 Å². The Bertz CT molecular complexity index is 120. The predicted octanol–water partition coefficient (Wildman–Crippen LogP) is 2.65. The molecule has 0 heterocycles. The van der Waals surface area contributed by atoms with Gasteiger partial charge in [0.2, 0.25) is 6.17 Å². The predicted molar refractivity (Wildman–Crippen MR) is 21.3 cm³/mol. The Hall–Kier alpha value is -0.490. The fourth-order valence-electron chi connectivity index (χ4n) is 0.256. The van der Waals surface area contributed by atoms with E-state index >= 15 is 0 Å². The fraction of sp³-hybridized carbons (Fsp3) is 0.750. The molecule has 0 aromatic rings. The van der Waals surface area contributed by atoms with Crippen LogP contribution in [0.5, 0.6) is 0 Å². The third kappa shape index (κ3) is 2.23. The van der Waals surface area contributed by atoms with Gasteiger partial charge in [-0.2, -0.15) is 17.6 Å². The largest absolute Gasteiger partial charge is 0.350 e. The Kier molecular flexibility index (Phi) is 3.13. The quantitative estimate of drug-likeness (QED) is 0.590. The maximum absolute atomic E-state index is 11.6. The lowest BCUT2D eigenvalue weighted by atomic mass is 10.2. The minimum atomic E-state index is -5.31. The second-order valence-corrected chi connectivity index (χ2v) is 1.63. The molecule has 0 spiro atoms. The van der Waals surface area contributed by atoms with Gasteiger partial charge in [-0.3, -0.25) is 0 Å². The third-order valence-corrected chi connectivity index (χ3v) is 0.820. The maximum Gasteiger partial charge on any atom is 0.350 e. The molecular formula is C4H2F7. The van der Waals surface area contributed by atoms with Crippen molar-refractivity contribution in [2.45, 2.75) is 18.5 Å². The number of hydrogen-bond donors (Lipinski definition) is 0. The Morgan fingerprint density at radius 2 is 1.36 bits per heavy atom. The Morgan fingerprint density at radius 1 is 1.00 bits per heavy atom. The van der Waals surface area contributed by atoms with Gasteiger partial charge in [0.05, 0.1) is 0 Å². The molecule has 0 aliphatic heterocycles. The SMILES string of the molecule is F[C](F)C(F)C(F)(F)C(F)F. The molecule has 0 nitrogen and oxygen atoms in total. The molecule has 67 valence electrons. The van der Waals surface area contributed by atoms with Crippen molar-refractivity contribution in [1.82, 2.24) is 0 Å². The number of hydrogen-bond acceptors (Lipinski definition) is 0. The van der Waals surface area contributed by atoms with Crippen molar-refractivity contribution < 1.29 is 30.7 Å². The normalized spacial score (nSPS) is 16.1. The molecule has 1 unspecified atom stereocenters. The second kappa shape index (κ2) is 3.27. The number of alkyl halides is 5. The highest BCUT2D eigenvalue weighted by atomic mass is 19.3. The maximum atomic E-state index is 11.6. The summed E-state index contributed by atoms with van der Waals surface area (Å²) in [4.78, 5) is 0. The molecule has 0 fully saturated rings. The summed E-state index contributed by atoms with van der Waals surface area (Å²) in [7, 11) is 0. The van der Waals surface area contributed by atoms with Gasteiger partial charge in [-0.1, -0.05) is 0 Å². The van der Waals surface area contributed by atoms with Crippen LogP contribution >= 0.6 is 0 Å². The molecule has 0 aliphatic rings. The summed E-state index contributed by atoms with van der Waals surface area (Å²) >= 11 is 0. The van der Waals surface area contributed by atoms with Crippen molar-refractivity contribution >= 4 is 0 Å². The lowest BCUT2D eigenvalue weighted by molar-refractivity contribution is -0.180. The van der Waals surface area contributed by atoms with Crippen molar-refractivity contribution in [3.05, 3.63) is 6.43 Å². The molecule has 0 saturated carbocycles. The first-order chi connectivity index (χ1) is 4.80. The van der Waals surface area contributed by atoms with E-state index < -0.39 is 24.9 Å². The van der Waals surface area contributed by atoms with Crippen molar-refractivity contribution in [3.8, 4) is 0 Å². The van der Waals surface area contributed by atoms with Crippen LogP contribution < -0.4 is 0 Å². The lowest BCUT2D eigenvalue weighted by Crippen LogP contribution is -2.39. The zero-order valence-corrected chi connectivity index (χ0v) is 4.80. The number of rotatable bonds is 3. The van der Waals surface area contributed by atoms with E-state index in [1.165, 1.54) is 0 Å². The van der Waals surface area contributed by atoms with Gasteiger partial charge in [-0.25, -0.2) is 13.2 Å². The molecule has 0 rings (SSSR count). The van der Waals surface area contributed by atoms with Crippen molar-refractivity contribution in [2.24, 2.45) is 0 Å². The zero-order chi connectivity index (χ0) is 9.23. The van der Waals surface area contributed by atoms with Gasteiger partial charge in [0.15, 0.2) is 0 Å². The van der Waals surface area contributed by atoms with E-state index in [-0.39, 0.29) is 0 Å². The molecule has 0 N–H and O–H groups in total. The summed E-state index contributed by atoms with van der Waals surface area (Å²) in [6.07, 6.45) is -12.0. The van der Waals surface area contributed by atoms with Crippen LogP contribution in [-0.4, -0.2) is 18.5 Å². The molecule has 11 heavy (non-hydrogen) atoms. The second-order valence-electron chi connectivity index (χ2n) is 1.63. The first-order valence-electron chi connectivity index (χ1n) is 2.28. The minimum absolute atomic E-state index is 3.35. The third-order valence-electron chi connectivity index (χ3n) is 0.820. The van der Waals surface area contributed by atoms with Gasteiger partial charge >= 0.3 is 18.8 Å². The van der Waals surface area contributed by atoms with E-state index in [0.29, 0.717) is 0 Å². The molecule has 0 bridgehead atoms. The van der Waals surface area contributed by atoms with Crippen molar-refractivity contribution in [1.29, 1.82) is 0 Å². The summed E-state index contributed by atoms with van der Waals surface area (Å²) in [6.45, 7) is 0. The van der Waals surface area contributed by atoms with Crippen LogP contribution in [0.1, 0.15) is 0 Å². The Labute approximate surface area is 57.0 Å². The lowest BCUT2D eigenvalue weighted by Gasteiger charge is -2.17. The van der Waals surface area contributed by atoms with Gasteiger partial charge in [0.1, 0.15) is 0 Å². The standard InChI is InChI=1S/C4H2F7/c5-1(2(6)7)4(10,11)3(8)9/h1,3H. The van der Waals surface area contributed by atoms with Gasteiger partial charge in [-0.05, 0) is 0 Å². The summed E-state index contributed by atoms with van der Waals surface area (Å²) in [5.41, 5.74) is 0. The average molecular weight is 183 g/mol. The molecule has 7 heteroatoms. The molecule has 0 aromatic carbocycles. The first-order valence-corrected chi connectivity index (χ1v) is 2.28. The van der Waals surface area contributed by atoms with Crippen molar-refractivity contribution in [2.75, 3.05) is 0 Å². The van der Waals surface area contributed by atoms with Crippen LogP contribution in [0.15, 0.2) is 0 Å². The van der Waals surface area contributed by atoms with Crippen LogP contribution in [0.3, 0.4) is 0 Å². The first kappa shape index (κ1) is 10.5. The summed E-state index contributed by atoms with van der Waals surface area (Å²) in [5, 5.41) is 0. The highest BCUT2D eigenvalue weighted by molar-refractivity contribution is 4.89. The van der Waals surface area contributed by atoms with E-state index in [4.69, 9.17) is 0 Å². The average Bonchev–Trinajstić information content (AvgIpc) is 1.85. The summed E-state index contributed by atoms with van der Waals surface area (Å²) in [6, 6.07) is 0. The van der Waals surface area contributed by atoms with Crippen LogP contribution in [0.2, 0.25) is 0 Å². The molecular weight excluding hydrogens is 181 g/mol. The zero-order valence-electron chi connectivity index (χ0n) is 4.80.